The molecule has 2 amide bonds. The lowest BCUT2D eigenvalue weighted by atomic mass is 9.87. The Hall–Kier alpha value is -1.85. The maximum Gasteiger partial charge on any atom is 0.289 e. The number of nitrogens with zero attached hydrogens (tertiary/aromatic N) is 3. The van der Waals surface area contributed by atoms with Crippen molar-refractivity contribution in [3.05, 3.63) is 18.2 Å². The normalized spacial score (nSPS) is 26.8. The van der Waals surface area contributed by atoms with E-state index in [1.807, 2.05) is 11.9 Å². The van der Waals surface area contributed by atoms with Gasteiger partial charge in [-0.1, -0.05) is 0 Å². The zero-order chi connectivity index (χ0) is 13.5. The highest BCUT2D eigenvalue weighted by Crippen LogP contribution is 2.30. The molecule has 3 rings (SSSR count). The number of amides is 2. The molecule has 0 aliphatic carbocycles. The number of carbonyl (C=O) groups excluding carboxylic acids is 2. The lowest BCUT2D eigenvalue weighted by molar-refractivity contribution is -0.120. The molecule has 2 fully saturated rings. The highest BCUT2D eigenvalue weighted by Gasteiger charge is 2.42. The molecule has 0 aromatic carbocycles. The average Bonchev–Trinajstić information content (AvgIpc) is 2.96. The lowest BCUT2D eigenvalue weighted by Gasteiger charge is -2.40. The van der Waals surface area contributed by atoms with Crippen molar-refractivity contribution in [2.45, 2.75) is 31.2 Å². The van der Waals surface area contributed by atoms with Gasteiger partial charge in [0.15, 0.2) is 5.82 Å². The second-order valence-electron chi connectivity index (χ2n) is 5.52. The maximum atomic E-state index is 12.4. The van der Waals surface area contributed by atoms with E-state index < -0.39 is 0 Å². The molecule has 0 bridgehead atoms. The molecule has 1 aromatic rings. The van der Waals surface area contributed by atoms with Crippen molar-refractivity contribution in [3.63, 3.8) is 0 Å². The number of nitrogens with one attached hydrogen (secondary N) is 1. The van der Waals surface area contributed by atoms with E-state index in [4.69, 9.17) is 0 Å². The number of rotatable bonds is 1. The number of hydrogen-bond donors (Lipinski definition) is 1. The first-order chi connectivity index (χ1) is 9.10. The van der Waals surface area contributed by atoms with Crippen LogP contribution in [0.5, 0.6) is 0 Å². The van der Waals surface area contributed by atoms with Crippen molar-refractivity contribution in [2.24, 2.45) is 7.05 Å². The molecule has 102 valence electrons. The summed E-state index contributed by atoms with van der Waals surface area (Å²) in [5.74, 6) is 0.514. The summed E-state index contributed by atoms with van der Waals surface area (Å²) in [6.45, 7) is 1.34. The first-order valence-electron chi connectivity index (χ1n) is 6.67. The van der Waals surface area contributed by atoms with Gasteiger partial charge in [0.2, 0.25) is 5.91 Å². The molecule has 2 aliphatic rings. The van der Waals surface area contributed by atoms with Crippen molar-refractivity contribution >= 4 is 11.8 Å². The van der Waals surface area contributed by atoms with E-state index in [1.54, 1.807) is 17.0 Å². The van der Waals surface area contributed by atoms with Crippen molar-refractivity contribution in [1.29, 1.82) is 0 Å². The summed E-state index contributed by atoms with van der Waals surface area (Å²) in [7, 11) is 1.82. The van der Waals surface area contributed by atoms with Crippen LogP contribution in [0.25, 0.3) is 0 Å². The topological polar surface area (TPSA) is 67.2 Å². The molecule has 2 aliphatic heterocycles. The first-order valence-corrected chi connectivity index (χ1v) is 6.67. The van der Waals surface area contributed by atoms with Crippen LogP contribution in [0.15, 0.2) is 12.4 Å². The minimum atomic E-state index is -0.198. The van der Waals surface area contributed by atoms with Gasteiger partial charge in [-0.25, -0.2) is 4.98 Å². The summed E-state index contributed by atoms with van der Waals surface area (Å²) >= 11 is 0. The Morgan fingerprint density at radius 3 is 2.95 bits per heavy atom. The second-order valence-corrected chi connectivity index (χ2v) is 5.52. The van der Waals surface area contributed by atoms with Crippen LogP contribution in [0, 0.1) is 0 Å². The molecule has 2 saturated heterocycles. The molecule has 19 heavy (non-hydrogen) atoms. The summed E-state index contributed by atoms with van der Waals surface area (Å²) < 4.78 is 1.73. The summed E-state index contributed by atoms with van der Waals surface area (Å²) in [6, 6.07) is 0. The van der Waals surface area contributed by atoms with E-state index in [1.165, 1.54) is 0 Å². The van der Waals surface area contributed by atoms with E-state index in [9.17, 15) is 9.59 Å². The fraction of sp³-hybridized carbons (Fsp3) is 0.615. The zero-order valence-corrected chi connectivity index (χ0v) is 11.1. The van der Waals surface area contributed by atoms with E-state index in [2.05, 4.69) is 10.3 Å². The molecule has 3 heterocycles. The van der Waals surface area contributed by atoms with Gasteiger partial charge in [0.05, 0.1) is 5.54 Å². The SMILES string of the molecule is Cn1ccnc1C(=O)N1CCCC2(CCC(=O)N2)C1. The molecule has 0 saturated carbocycles. The highest BCUT2D eigenvalue weighted by atomic mass is 16.2. The number of aromatic nitrogens is 2. The Morgan fingerprint density at radius 1 is 1.47 bits per heavy atom. The summed E-state index contributed by atoms with van der Waals surface area (Å²) in [5.41, 5.74) is -0.198. The zero-order valence-electron chi connectivity index (χ0n) is 11.1. The summed E-state index contributed by atoms with van der Waals surface area (Å²) in [5, 5.41) is 3.05. The fourth-order valence-corrected chi connectivity index (χ4v) is 3.10. The summed E-state index contributed by atoms with van der Waals surface area (Å²) in [4.78, 5) is 29.8. The summed E-state index contributed by atoms with van der Waals surface area (Å²) in [6.07, 6.45) is 6.69. The molecule has 1 N–H and O–H groups in total. The smallest absolute Gasteiger partial charge is 0.289 e. The van der Waals surface area contributed by atoms with Gasteiger partial charge >= 0.3 is 0 Å². The Morgan fingerprint density at radius 2 is 2.32 bits per heavy atom. The molecular weight excluding hydrogens is 244 g/mol. The van der Waals surface area contributed by atoms with Crippen LogP contribution in [0.2, 0.25) is 0 Å². The minimum Gasteiger partial charge on any atom is -0.349 e. The standard InChI is InChI=1S/C13H18N4O2/c1-16-8-6-14-11(16)12(19)17-7-2-4-13(9-17)5-3-10(18)15-13/h6,8H,2-5,7,9H2,1H3,(H,15,18). The van der Waals surface area contributed by atoms with Crippen molar-refractivity contribution in [3.8, 4) is 0 Å². The van der Waals surface area contributed by atoms with E-state index in [-0.39, 0.29) is 17.4 Å². The number of hydrogen-bond acceptors (Lipinski definition) is 3. The molecule has 1 aromatic heterocycles. The number of aryl methyl sites for hydroxylation is 1. The molecule has 6 nitrogen and oxygen atoms in total. The van der Waals surface area contributed by atoms with Gasteiger partial charge < -0.3 is 14.8 Å². The molecule has 1 unspecified atom stereocenters. The molecular formula is C13H18N4O2. The van der Waals surface area contributed by atoms with Crippen LogP contribution in [-0.4, -0.2) is 44.9 Å². The van der Waals surface area contributed by atoms with Gasteiger partial charge in [-0.15, -0.1) is 0 Å². The van der Waals surface area contributed by atoms with Gasteiger partial charge in [0.1, 0.15) is 0 Å². The molecule has 1 atom stereocenters. The number of carbonyl (C=O) groups is 2. The average molecular weight is 262 g/mol. The molecule has 0 radical (unpaired) electrons. The van der Waals surface area contributed by atoms with Crippen LogP contribution >= 0.6 is 0 Å². The number of piperidine rings is 1. The van der Waals surface area contributed by atoms with Crippen molar-refractivity contribution in [2.75, 3.05) is 13.1 Å². The van der Waals surface area contributed by atoms with Gasteiger partial charge in [0, 0.05) is 39.0 Å². The lowest BCUT2D eigenvalue weighted by Crippen LogP contribution is -2.56. The Bertz CT molecular complexity index is 524. The largest absolute Gasteiger partial charge is 0.349 e. The highest BCUT2D eigenvalue weighted by molar-refractivity contribution is 5.91. The van der Waals surface area contributed by atoms with E-state index in [0.717, 1.165) is 25.8 Å². The Labute approximate surface area is 111 Å². The third-order valence-electron chi connectivity index (χ3n) is 4.11. The van der Waals surface area contributed by atoms with Gasteiger partial charge in [-0.05, 0) is 19.3 Å². The monoisotopic (exact) mass is 262 g/mol. The van der Waals surface area contributed by atoms with Crippen LogP contribution in [0.4, 0.5) is 0 Å². The number of imidazole rings is 1. The van der Waals surface area contributed by atoms with Gasteiger partial charge in [0.25, 0.3) is 5.91 Å². The predicted octanol–water partition coefficient (Wildman–Crippen LogP) is 0.305. The minimum absolute atomic E-state index is 0.0484. The van der Waals surface area contributed by atoms with E-state index >= 15 is 0 Å². The van der Waals surface area contributed by atoms with Gasteiger partial charge in [-0.3, -0.25) is 9.59 Å². The van der Waals surface area contributed by atoms with Crippen LogP contribution in [0.1, 0.15) is 36.3 Å². The van der Waals surface area contributed by atoms with Gasteiger partial charge in [-0.2, -0.15) is 0 Å². The Balaban J connectivity index is 1.77. The van der Waals surface area contributed by atoms with E-state index in [0.29, 0.717) is 18.8 Å². The second kappa shape index (κ2) is 4.36. The fourth-order valence-electron chi connectivity index (χ4n) is 3.10. The maximum absolute atomic E-state index is 12.4. The predicted molar refractivity (Wildman–Crippen MR) is 68.5 cm³/mol. The van der Waals surface area contributed by atoms with Crippen molar-refractivity contribution < 1.29 is 9.59 Å². The third-order valence-corrected chi connectivity index (χ3v) is 4.11. The van der Waals surface area contributed by atoms with Crippen LogP contribution in [-0.2, 0) is 11.8 Å². The van der Waals surface area contributed by atoms with Crippen LogP contribution in [0.3, 0.4) is 0 Å². The molecule has 6 heteroatoms. The Kier molecular flexibility index (Phi) is 2.80. The van der Waals surface area contributed by atoms with Crippen molar-refractivity contribution in [1.82, 2.24) is 19.8 Å². The molecule has 1 spiro atoms. The third kappa shape index (κ3) is 2.11. The quantitative estimate of drug-likeness (QED) is 0.792. The first kappa shape index (κ1) is 12.2. The van der Waals surface area contributed by atoms with Crippen LogP contribution < -0.4 is 5.32 Å². The number of likely N-dealkylation sites (tertiary alicyclic amines) is 1.